The van der Waals surface area contributed by atoms with Crippen molar-refractivity contribution in [1.82, 2.24) is 15.2 Å². The monoisotopic (exact) mass is 601 g/mol. The second kappa shape index (κ2) is 23.6. The smallest absolute Gasteiger partial charge is 0.194 e. The number of unbranched alkanes of at least 4 members (excludes halogenated alkanes) is 13. The van der Waals surface area contributed by atoms with Gasteiger partial charge in [0.05, 0.1) is 0 Å². The molecule has 1 heterocycles. The predicted octanol–water partition coefficient (Wildman–Crippen LogP) is 9.05. The van der Waals surface area contributed by atoms with Gasteiger partial charge in [0.25, 0.3) is 0 Å². The summed E-state index contributed by atoms with van der Waals surface area (Å²) in [6, 6.07) is 11.1. The van der Waals surface area contributed by atoms with Crippen LogP contribution in [0.5, 0.6) is 5.88 Å². The van der Waals surface area contributed by atoms with E-state index in [1.807, 2.05) is 12.1 Å². The Bertz CT molecular complexity index is 963. The zero-order valence-corrected chi connectivity index (χ0v) is 27.7. The normalized spacial score (nSPS) is 13.0. The maximum atomic E-state index is 12.0. The third-order valence-corrected chi connectivity index (χ3v) is 8.45. The molecule has 5 nitrogen and oxygen atoms in total. The Labute approximate surface area is 262 Å². The highest BCUT2D eigenvalue weighted by molar-refractivity contribution is 6.30. The quantitative estimate of drug-likeness (QED) is 0.106. The van der Waals surface area contributed by atoms with E-state index >= 15 is 0 Å². The van der Waals surface area contributed by atoms with Gasteiger partial charge in [-0.3, -0.25) is 4.79 Å². The molecule has 2 rings (SSSR count). The van der Waals surface area contributed by atoms with E-state index in [0.717, 1.165) is 43.9 Å². The minimum absolute atomic E-state index is 0.0423. The van der Waals surface area contributed by atoms with Crippen molar-refractivity contribution >= 4 is 11.6 Å². The Morgan fingerprint density at radius 3 is 2.00 bits per heavy atom. The third kappa shape index (κ3) is 18.0. The Morgan fingerprint density at radius 1 is 0.833 bits per heavy atom. The predicted molar refractivity (Wildman–Crippen MR) is 181 cm³/mol. The second-order valence-corrected chi connectivity index (χ2v) is 12.8. The fourth-order valence-corrected chi connectivity index (χ4v) is 5.77. The van der Waals surface area contributed by atoms with E-state index in [2.05, 4.69) is 48.4 Å². The summed E-state index contributed by atoms with van der Waals surface area (Å²) in [5, 5.41) is 4.45. The largest absolute Gasteiger partial charge is 0.475 e. The Kier molecular flexibility index (Phi) is 20.4. The molecule has 0 aliphatic carbocycles. The van der Waals surface area contributed by atoms with E-state index in [1.165, 1.54) is 102 Å². The van der Waals surface area contributed by atoms with Gasteiger partial charge in [0.15, 0.2) is 11.3 Å². The van der Waals surface area contributed by atoms with Crippen molar-refractivity contribution < 1.29 is 4.74 Å². The number of rotatable bonds is 26. The van der Waals surface area contributed by atoms with Gasteiger partial charge >= 0.3 is 0 Å². The number of aromatic nitrogens is 1. The average molecular weight is 602 g/mol. The number of hydrogen-bond donors (Lipinski definition) is 2. The lowest BCUT2D eigenvalue weighted by atomic mass is 9.90. The lowest BCUT2D eigenvalue weighted by Gasteiger charge is -2.29. The number of nitrogens with zero attached hydrogens (tertiary/aromatic N) is 1. The Morgan fingerprint density at radius 2 is 1.43 bits per heavy atom. The molecule has 0 spiro atoms. The molecule has 2 aromatic rings. The van der Waals surface area contributed by atoms with Crippen LogP contribution in [0, 0.1) is 5.92 Å². The zero-order valence-electron chi connectivity index (χ0n) is 27.0. The van der Waals surface area contributed by atoms with E-state index in [4.69, 9.17) is 16.3 Å². The minimum Gasteiger partial charge on any atom is -0.475 e. The van der Waals surface area contributed by atoms with E-state index in [0.29, 0.717) is 11.8 Å². The first-order chi connectivity index (χ1) is 20.5. The Balaban J connectivity index is 1.85. The van der Waals surface area contributed by atoms with Gasteiger partial charge in [-0.2, -0.15) is 0 Å². The molecular formula is C36H60ClN3O2. The van der Waals surface area contributed by atoms with Crippen LogP contribution in [0.3, 0.4) is 0 Å². The van der Waals surface area contributed by atoms with Gasteiger partial charge in [0.2, 0.25) is 0 Å². The fourth-order valence-electron chi connectivity index (χ4n) is 5.64. The van der Waals surface area contributed by atoms with Crippen molar-refractivity contribution in [2.24, 2.45) is 5.92 Å². The summed E-state index contributed by atoms with van der Waals surface area (Å²) in [6.07, 6.45) is 23.8. The molecule has 1 aromatic carbocycles. The molecule has 0 saturated carbocycles. The summed E-state index contributed by atoms with van der Waals surface area (Å²) in [4.78, 5) is 17.4. The molecule has 0 aliphatic heterocycles. The van der Waals surface area contributed by atoms with Gasteiger partial charge in [-0.25, -0.2) is 0 Å². The highest BCUT2D eigenvalue weighted by Crippen LogP contribution is 2.23. The Hall–Kier alpha value is -1.82. The number of pyridine rings is 1. The molecule has 6 heteroatoms. The lowest BCUT2D eigenvalue weighted by Crippen LogP contribution is -2.37. The van der Waals surface area contributed by atoms with Crippen molar-refractivity contribution in [3.8, 4) is 5.88 Å². The second-order valence-electron chi connectivity index (χ2n) is 12.4. The molecule has 0 radical (unpaired) electrons. The van der Waals surface area contributed by atoms with Crippen molar-refractivity contribution in [2.75, 3.05) is 33.7 Å². The maximum absolute atomic E-state index is 12.0. The topological polar surface area (TPSA) is 57.4 Å². The van der Waals surface area contributed by atoms with Crippen LogP contribution in [0.4, 0.5) is 0 Å². The maximum Gasteiger partial charge on any atom is 0.194 e. The standard InChI is InChI=1S/C36H60ClN3O2/c1-4-5-6-7-8-9-10-11-12-13-14-15-16-17-19-32(30-38-25-18-27-40(2)3)35(28-31-20-22-33(37)23-21-31)42-36-29-34(41)24-26-39-36/h20-24,26,29,32,35,38H,4-19,25,27-28,30H2,1-3H3,(H,39,41). The molecule has 1 aromatic heterocycles. The van der Waals surface area contributed by atoms with Gasteiger partial charge in [0, 0.05) is 42.2 Å². The number of H-pyrrole nitrogens is 1. The SMILES string of the molecule is CCCCCCCCCCCCCCCCC(CNCCCN(C)C)C(Cc1ccc(Cl)cc1)Oc1cc(=O)cc[nH]1. The number of hydrogen-bond acceptors (Lipinski definition) is 4. The third-order valence-electron chi connectivity index (χ3n) is 8.19. The molecular weight excluding hydrogens is 542 g/mol. The number of aromatic amines is 1. The summed E-state index contributed by atoms with van der Waals surface area (Å²) >= 11 is 6.17. The van der Waals surface area contributed by atoms with Gasteiger partial charge < -0.3 is 19.9 Å². The molecule has 0 saturated heterocycles. The highest BCUT2D eigenvalue weighted by Gasteiger charge is 2.24. The summed E-state index contributed by atoms with van der Waals surface area (Å²) in [6.45, 7) is 5.26. The first kappa shape index (κ1) is 36.4. The minimum atomic E-state index is -0.0486. The first-order valence-corrected chi connectivity index (χ1v) is 17.3. The van der Waals surface area contributed by atoms with Gasteiger partial charge in [-0.1, -0.05) is 121 Å². The molecule has 2 unspecified atom stereocenters. The molecule has 0 bridgehead atoms. The van der Waals surface area contributed by atoms with Crippen molar-refractivity contribution in [3.63, 3.8) is 0 Å². The summed E-state index contributed by atoms with van der Waals surface area (Å²) in [7, 11) is 4.24. The molecule has 2 N–H and O–H groups in total. The summed E-state index contributed by atoms with van der Waals surface area (Å²) in [5.74, 6) is 0.876. The van der Waals surface area contributed by atoms with E-state index in [1.54, 1.807) is 12.3 Å². The van der Waals surface area contributed by atoms with Crippen molar-refractivity contribution in [3.05, 3.63) is 63.4 Å². The first-order valence-electron chi connectivity index (χ1n) is 16.9. The average Bonchev–Trinajstić information content (AvgIpc) is 2.97. The van der Waals surface area contributed by atoms with Crippen LogP contribution in [0.15, 0.2) is 47.4 Å². The van der Waals surface area contributed by atoms with Gasteiger partial charge in [0.1, 0.15) is 6.10 Å². The van der Waals surface area contributed by atoms with E-state index < -0.39 is 0 Å². The fraction of sp³-hybridized carbons (Fsp3) is 0.694. The van der Waals surface area contributed by atoms with E-state index in [9.17, 15) is 4.79 Å². The summed E-state index contributed by atoms with van der Waals surface area (Å²) < 4.78 is 6.52. The number of ether oxygens (including phenoxy) is 1. The molecule has 0 fully saturated rings. The lowest BCUT2D eigenvalue weighted by molar-refractivity contribution is 0.118. The van der Waals surface area contributed by atoms with Crippen LogP contribution < -0.4 is 15.5 Å². The van der Waals surface area contributed by atoms with E-state index in [-0.39, 0.29) is 11.5 Å². The van der Waals surface area contributed by atoms with Crippen LogP contribution in [0.2, 0.25) is 5.02 Å². The van der Waals surface area contributed by atoms with Crippen molar-refractivity contribution in [1.29, 1.82) is 0 Å². The molecule has 238 valence electrons. The van der Waals surface area contributed by atoms with Gasteiger partial charge in [-0.05, 0) is 57.7 Å². The highest BCUT2D eigenvalue weighted by atomic mass is 35.5. The van der Waals surface area contributed by atoms with Crippen molar-refractivity contribution in [2.45, 2.75) is 122 Å². The number of benzene rings is 1. The number of halogens is 1. The van der Waals surface area contributed by atoms with Crippen LogP contribution in [0.25, 0.3) is 0 Å². The van der Waals surface area contributed by atoms with Crippen LogP contribution in [-0.2, 0) is 6.42 Å². The molecule has 0 aliphatic rings. The molecule has 2 atom stereocenters. The van der Waals surface area contributed by atoms with Crippen LogP contribution in [0.1, 0.15) is 115 Å². The van der Waals surface area contributed by atoms with Crippen LogP contribution in [-0.4, -0.2) is 49.7 Å². The number of nitrogens with one attached hydrogen (secondary N) is 2. The molecule has 42 heavy (non-hydrogen) atoms. The zero-order chi connectivity index (χ0) is 30.3. The van der Waals surface area contributed by atoms with Crippen LogP contribution >= 0.6 is 11.6 Å². The summed E-state index contributed by atoms with van der Waals surface area (Å²) in [5.41, 5.74) is 1.15. The molecule has 0 amide bonds. The van der Waals surface area contributed by atoms with Gasteiger partial charge in [-0.15, -0.1) is 0 Å².